The van der Waals surface area contributed by atoms with Crippen LogP contribution in [0.1, 0.15) is 19.4 Å². The largest absolute Gasteiger partial charge is 0.336 e. The molecular weight excluding hydrogens is 366 g/mol. The molecule has 2 aromatic carbocycles. The van der Waals surface area contributed by atoms with Crippen molar-refractivity contribution in [1.82, 2.24) is 15.1 Å². The van der Waals surface area contributed by atoms with Gasteiger partial charge in [0.05, 0.1) is 11.9 Å². The van der Waals surface area contributed by atoms with Crippen LogP contribution < -0.4 is 16.0 Å². The first-order valence-electron chi connectivity index (χ1n) is 9.26. The van der Waals surface area contributed by atoms with Crippen LogP contribution in [0.25, 0.3) is 11.8 Å². The first-order chi connectivity index (χ1) is 14.0. The minimum atomic E-state index is -0.268. The van der Waals surface area contributed by atoms with Gasteiger partial charge in [-0.3, -0.25) is 4.79 Å². The van der Waals surface area contributed by atoms with Crippen LogP contribution in [0.5, 0.6) is 0 Å². The second kappa shape index (κ2) is 9.36. The number of amides is 3. The van der Waals surface area contributed by atoms with Crippen LogP contribution in [0.15, 0.2) is 73.1 Å². The molecule has 3 amide bonds. The highest BCUT2D eigenvalue weighted by atomic mass is 16.2. The van der Waals surface area contributed by atoms with Crippen molar-refractivity contribution in [3.05, 3.63) is 78.6 Å². The van der Waals surface area contributed by atoms with Crippen LogP contribution in [0.3, 0.4) is 0 Å². The summed E-state index contributed by atoms with van der Waals surface area (Å²) in [6.07, 6.45) is 6.70. The third kappa shape index (κ3) is 6.07. The predicted octanol–water partition coefficient (Wildman–Crippen LogP) is 4.05. The molecule has 0 saturated heterocycles. The minimum absolute atomic E-state index is 0.0557. The van der Waals surface area contributed by atoms with Crippen molar-refractivity contribution in [1.29, 1.82) is 0 Å². The van der Waals surface area contributed by atoms with Gasteiger partial charge in [0.2, 0.25) is 5.91 Å². The number of carbonyl (C=O) groups excluding carboxylic acids is 2. The number of nitrogens with one attached hydrogen (secondary N) is 3. The van der Waals surface area contributed by atoms with Gasteiger partial charge in [0.25, 0.3) is 0 Å². The fourth-order valence-electron chi connectivity index (χ4n) is 2.57. The summed E-state index contributed by atoms with van der Waals surface area (Å²) in [5.74, 6) is -0.254. The lowest BCUT2D eigenvalue weighted by atomic mass is 10.2. The van der Waals surface area contributed by atoms with E-state index < -0.39 is 0 Å². The van der Waals surface area contributed by atoms with Crippen LogP contribution in [0.2, 0.25) is 0 Å². The molecule has 3 rings (SSSR count). The second-order valence-electron chi connectivity index (χ2n) is 6.71. The number of carbonyl (C=O) groups is 2. The van der Waals surface area contributed by atoms with E-state index in [0.717, 1.165) is 11.3 Å². The van der Waals surface area contributed by atoms with Crippen molar-refractivity contribution >= 4 is 29.4 Å². The number of nitrogens with zero attached hydrogens (tertiary/aromatic N) is 2. The average molecular weight is 389 g/mol. The summed E-state index contributed by atoms with van der Waals surface area (Å²) in [5.41, 5.74) is 3.05. The molecule has 0 fully saturated rings. The van der Waals surface area contributed by atoms with Gasteiger partial charge in [-0.15, -0.1) is 0 Å². The van der Waals surface area contributed by atoms with Crippen molar-refractivity contribution in [2.24, 2.45) is 0 Å². The van der Waals surface area contributed by atoms with Crippen LogP contribution in [0, 0.1) is 0 Å². The smallest absolute Gasteiger partial charge is 0.319 e. The summed E-state index contributed by atoms with van der Waals surface area (Å²) >= 11 is 0. The molecule has 29 heavy (non-hydrogen) atoms. The lowest BCUT2D eigenvalue weighted by molar-refractivity contribution is -0.111. The average Bonchev–Trinajstić information content (AvgIpc) is 3.17. The second-order valence-corrected chi connectivity index (χ2v) is 6.71. The fraction of sp³-hybridized carbons (Fsp3) is 0.136. The van der Waals surface area contributed by atoms with Crippen LogP contribution >= 0.6 is 0 Å². The Labute approximate surface area is 169 Å². The summed E-state index contributed by atoms with van der Waals surface area (Å²) < 4.78 is 1.75. The molecule has 148 valence electrons. The van der Waals surface area contributed by atoms with Gasteiger partial charge in [0.15, 0.2) is 0 Å². The highest BCUT2D eigenvalue weighted by Crippen LogP contribution is 2.14. The first kappa shape index (κ1) is 19.9. The Morgan fingerprint density at radius 1 is 0.966 bits per heavy atom. The molecule has 0 radical (unpaired) electrons. The van der Waals surface area contributed by atoms with Crippen molar-refractivity contribution in [3.63, 3.8) is 0 Å². The molecule has 3 aromatic rings. The quantitative estimate of drug-likeness (QED) is 0.556. The molecule has 0 spiro atoms. The van der Waals surface area contributed by atoms with E-state index in [1.165, 1.54) is 6.08 Å². The van der Waals surface area contributed by atoms with E-state index in [4.69, 9.17) is 0 Å². The van der Waals surface area contributed by atoms with E-state index >= 15 is 0 Å². The molecule has 1 aromatic heterocycles. The van der Waals surface area contributed by atoms with Crippen molar-refractivity contribution in [2.45, 2.75) is 19.9 Å². The normalized spacial score (nSPS) is 10.9. The fourth-order valence-corrected chi connectivity index (χ4v) is 2.57. The molecule has 0 bridgehead atoms. The Bertz CT molecular complexity index is 992. The highest BCUT2D eigenvalue weighted by Gasteiger charge is 2.04. The van der Waals surface area contributed by atoms with Crippen LogP contribution in [-0.4, -0.2) is 27.8 Å². The van der Waals surface area contributed by atoms with Gasteiger partial charge >= 0.3 is 6.03 Å². The van der Waals surface area contributed by atoms with E-state index in [2.05, 4.69) is 21.0 Å². The summed E-state index contributed by atoms with van der Waals surface area (Å²) in [4.78, 5) is 23.8. The molecular formula is C22H23N5O2. The lowest BCUT2D eigenvalue weighted by Gasteiger charge is -2.10. The monoisotopic (exact) mass is 389 g/mol. The van der Waals surface area contributed by atoms with Crippen LogP contribution in [-0.2, 0) is 4.79 Å². The van der Waals surface area contributed by atoms with Gasteiger partial charge in [-0.05, 0) is 56.3 Å². The molecule has 1 heterocycles. The van der Waals surface area contributed by atoms with E-state index in [1.807, 2.05) is 50.4 Å². The number of para-hydroxylation sites is 1. The van der Waals surface area contributed by atoms with E-state index in [1.54, 1.807) is 41.2 Å². The number of hydrogen-bond donors (Lipinski definition) is 3. The molecule has 0 atom stereocenters. The van der Waals surface area contributed by atoms with Gasteiger partial charge in [-0.2, -0.15) is 5.10 Å². The van der Waals surface area contributed by atoms with Gasteiger partial charge in [0.1, 0.15) is 0 Å². The summed E-state index contributed by atoms with van der Waals surface area (Å²) in [6, 6.07) is 16.4. The molecule has 0 aliphatic heterocycles. The zero-order valence-electron chi connectivity index (χ0n) is 16.3. The maximum atomic E-state index is 12.1. The Balaban J connectivity index is 1.54. The Morgan fingerprint density at radius 2 is 1.62 bits per heavy atom. The molecule has 0 saturated carbocycles. The number of hydrogen-bond acceptors (Lipinski definition) is 3. The van der Waals surface area contributed by atoms with Crippen molar-refractivity contribution in [2.75, 3.05) is 10.6 Å². The van der Waals surface area contributed by atoms with Crippen molar-refractivity contribution in [3.8, 4) is 5.69 Å². The molecule has 0 unspecified atom stereocenters. The van der Waals surface area contributed by atoms with E-state index in [0.29, 0.717) is 11.4 Å². The van der Waals surface area contributed by atoms with E-state index in [-0.39, 0.29) is 18.0 Å². The third-order valence-electron chi connectivity index (χ3n) is 3.88. The van der Waals surface area contributed by atoms with E-state index in [9.17, 15) is 9.59 Å². The molecule has 7 heteroatoms. The lowest BCUT2D eigenvalue weighted by Crippen LogP contribution is -2.34. The molecule has 3 N–H and O–H groups in total. The number of urea groups is 1. The number of aromatic nitrogens is 2. The van der Waals surface area contributed by atoms with Gasteiger partial charge in [-0.25, -0.2) is 9.48 Å². The molecule has 7 nitrogen and oxygen atoms in total. The third-order valence-corrected chi connectivity index (χ3v) is 3.88. The highest BCUT2D eigenvalue weighted by molar-refractivity contribution is 6.02. The predicted molar refractivity (Wildman–Crippen MR) is 115 cm³/mol. The molecule has 0 aliphatic carbocycles. The Hall–Kier alpha value is -3.87. The minimum Gasteiger partial charge on any atom is -0.336 e. The summed E-state index contributed by atoms with van der Waals surface area (Å²) in [7, 11) is 0. The summed E-state index contributed by atoms with van der Waals surface area (Å²) in [6.45, 7) is 3.77. The Kier molecular flexibility index (Phi) is 6.42. The number of anilines is 2. The van der Waals surface area contributed by atoms with Crippen molar-refractivity contribution < 1.29 is 9.59 Å². The van der Waals surface area contributed by atoms with Gasteiger partial charge in [-0.1, -0.05) is 18.2 Å². The topological polar surface area (TPSA) is 88.1 Å². The zero-order chi connectivity index (χ0) is 20.6. The maximum absolute atomic E-state index is 12.1. The standard InChI is InChI=1S/C22H23N5O2/c1-16(2)24-22(29)26-19-11-9-18(10-12-19)25-21(28)13-8-17-14-23-27(15-17)20-6-4-3-5-7-20/h3-16H,1-2H3,(H,25,28)(H2,24,26,29)/b13-8+. The number of benzene rings is 2. The Morgan fingerprint density at radius 3 is 2.28 bits per heavy atom. The number of rotatable bonds is 6. The molecule has 0 aliphatic rings. The maximum Gasteiger partial charge on any atom is 0.319 e. The first-order valence-corrected chi connectivity index (χ1v) is 9.26. The zero-order valence-corrected chi connectivity index (χ0v) is 16.3. The van der Waals surface area contributed by atoms with Gasteiger partial charge in [0, 0.05) is 35.3 Å². The SMILES string of the molecule is CC(C)NC(=O)Nc1ccc(NC(=O)/C=C/c2cnn(-c3ccccc3)c2)cc1. The van der Waals surface area contributed by atoms with Gasteiger partial charge < -0.3 is 16.0 Å². The summed E-state index contributed by atoms with van der Waals surface area (Å²) in [5, 5.41) is 12.6. The van der Waals surface area contributed by atoms with Crippen LogP contribution in [0.4, 0.5) is 16.2 Å².